The van der Waals surface area contributed by atoms with E-state index >= 15 is 0 Å². The number of hydrogen-bond acceptors (Lipinski definition) is 6. The van der Waals surface area contributed by atoms with Crippen LogP contribution in [0.2, 0.25) is 0 Å². The van der Waals surface area contributed by atoms with Gasteiger partial charge in [-0.3, -0.25) is 9.78 Å². The van der Waals surface area contributed by atoms with Crippen LogP contribution in [0, 0.1) is 5.92 Å². The van der Waals surface area contributed by atoms with E-state index in [1.807, 2.05) is 12.1 Å². The lowest BCUT2D eigenvalue weighted by Gasteiger charge is -2.31. The third-order valence-corrected chi connectivity index (χ3v) is 4.74. The van der Waals surface area contributed by atoms with Crippen LogP contribution in [-0.4, -0.2) is 50.7 Å². The molecule has 2 aromatic rings. The summed E-state index contributed by atoms with van der Waals surface area (Å²) < 4.78 is 5.22. The molecule has 0 saturated heterocycles. The Morgan fingerprint density at radius 3 is 3.00 bits per heavy atom. The first kappa shape index (κ1) is 17.5. The molecule has 1 fully saturated rings. The van der Waals surface area contributed by atoms with Gasteiger partial charge in [0.2, 0.25) is 17.6 Å². The molecule has 1 amide bonds. The molecule has 0 radical (unpaired) electrons. The number of carbonyl (C=O) groups excluding carboxylic acids is 1. The van der Waals surface area contributed by atoms with Crippen LogP contribution >= 0.6 is 0 Å². The third kappa shape index (κ3) is 4.63. The normalized spacial score (nSPS) is 20.4. The Kier molecular flexibility index (Phi) is 5.75. The summed E-state index contributed by atoms with van der Waals surface area (Å²) in [5, 5.41) is 14.0. The highest BCUT2D eigenvalue weighted by Gasteiger charge is 2.25. The topological polar surface area (TPSA) is 92.3 Å². The number of aryl methyl sites for hydroxylation is 1. The largest absolute Gasteiger partial charge is 0.393 e. The zero-order valence-electron chi connectivity index (χ0n) is 14.5. The molecule has 2 aromatic heterocycles. The van der Waals surface area contributed by atoms with Crippen LogP contribution in [0.1, 0.15) is 38.0 Å². The van der Waals surface area contributed by atoms with E-state index < -0.39 is 0 Å². The smallest absolute Gasteiger partial charge is 0.227 e. The predicted octanol–water partition coefficient (Wildman–Crippen LogP) is 2.07. The summed E-state index contributed by atoms with van der Waals surface area (Å²) in [6.45, 7) is 0.602. The summed E-state index contributed by atoms with van der Waals surface area (Å²) in [5.41, 5.74) is 0.784. The van der Waals surface area contributed by atoms with Crippen molar-refractivity contribution < 1.29 is 14.4 Å². The fraction of sp³-hybridized carbons (Fsp3) is 0.556. The SMILES string of the molecule is CN(CC1CCCCC1O)C(=O)CCc1nc(-c2cccnc2)no1. The fourth-order valence-corrected chi connectivity index (χ4v) is 3.23. The van der Waals surface area contributed by atoms with E-state index in [-0.39, 0.29) is 17.9 Å². The zero-order chi connectivity index (χ0) is 17.6. The van der Waals surface area contributed by atoms with Crippen LogP contribution in [-0.2, 0) is 11.2 Å². The molecule has 2 unspecified atom stereocenters. The van der Waals surface area contributed by atoms with Gasteiger partial charge in [-0.2, -0.15) is 4.98 Å². The maximum Gasteiger partial charge on any atom is 0.227 e. The van der Waals surface area contributed by atoms with Gasteiger partial charge in [-0.25, -0.2) is 0 Å². The molecular weight excluding hydrogens is 320 g/mol. The minimum absolute atomic E-state index is 0.0268. The molecular formula is C18H24N4O3. The van der Waals surface area contributed by atoms with Gasteiger partial charge in [0.1, 0.15) is 0 Å². The highest BCUT2D eigenvalue weighted by atomic mass is 16.5. The molecule has 2 atom stereocenters. The van der Waals surface area contributed by atoms with Gasteiger partial charge in [0.25, 0.3) is 0 Å². The van der Waals surface area contributed by atoms with Gasteiger partial charge in [0.15, 0.2) is 0 Å². The van der Waals surface area contributed by atoms with Crippen molar-refractivity contribution in [3.8, 4) is 11.4 Å². The minimum Gasteiger partial charge on any atom is -0.393 e. The van der Waals surface area contributed by atoms with E-state index in [0.29, 0.717) is 31.1 Å². The van der Waals surface area contributed by atoms with Crippen molar-refractivity contribution in [3.05, 3.63) is 30.4 Å². The van der Waals surface area contributed by atoms with Crippen LogP contribution in [0.3, 0.4) is 0 Å². The molecule has 2 heterocycles. The van der Waals surface area contributed by atoms with Crippen molar-refractivity contribution in [2.45, 2.75) is 44.6 Å². The first-order valence-corrected chi connectivity index (χ1v) is 8.78. The molecule has 3 rings (SSSR count). The van der Waals surface area contributed by atoms with Crippen molar-refractivity contribution in [2.24, 2.45) is 5.92 Å². The van der Waals surface area contributed by atoms with E-state index in [0.717, 1.165) is 31.2 Å². The Morgan fingerprint density at radius 1 is 1.40 bits per heavy atom. The maximum atomic E-state index is 12.3. The maximum absolute atomic E-state index is 12.3. The first-order valence-electron chi connectivity index (χ1n) is 8.78. The van der Waals surface area contributed by atoms with E-state index in [9.17, 15) is 9.90 Å². The molecule has 7 heteroatoms. The lowest BCUT2D eigenvalue weighted by atomic mass is 9.86. The standard InChI is InChI=1S/C18H24N4O3/c1-22(12-14-5-2-3-7-15(14)23)17(24)9-8-16-20-18(21-25-16)13-6-4-10-19-11-13/h4,6,10-11,14-15,23H,2-3,5,7-9,12H2,1H3. The number of pyridine rings is 1. The second-order valence-electron chi connectivity index (χ2n) is 6.64. The molecule has 0 bridgehead atoms. The van der Waals surface area contributed by atoms with Crippen LogP contribution in [0.5, 0.6) is 0 Å². The monoisotopic (exact) mass is 344 g/mol. The Morgan fingerprint density at radius 2 is 2.24 bits per heavy atom. The van der Waals surface area contributed by atoms with Crippen LogP contribution in [0.4, 0.5) is 0 Å². The number of carbonyl (C=O) groups is 1. The lowest BCUT2D eigenvalue weighted by Crippen LogP contribution is -2.38. The Bertz CT molecular complexity index is 689. The lowest BCUT2D eigenvalue weighted by molar-refractivity contribution is -0.131. The molecule has 25 heavy (non-hydrogen) atoms. The van der Waals surface area contributed by atoms with E-state index in [4.69, 9.17) is 4.52 Å². The molecule has 1 saturated carbocycles. The van der Waals surface area contributed by atoms with E-state index in [1.165, 1.54) is 0 Å². The van der Waals surface area contributed by atoms with Gasteiger partial charge >= 0.3 is 0 Å². The van der Waals surface area contributed by atoms with Gasteiger partial charge in [-0.1, -0.05) is 18.0 Å². The summed E-state index contributed by atoms with van der Waals surface area (Å²) in [6.07, 6.45) is 7.81. The van der Waals surface area contributed by atoms with Crippen LogP contribution in [0.25, 0.3) is 11.4 Å². The molecule has 0 aliphatic heterocycles. The van der Waals surface area contributed by atoms with Crippen molar-refractivity contribution in [3.63, 3.8) is 0 Å². The Labute approximate surface area is 147 Å². The Balaban J connectivity index is 1.49. The second kappa shape index (κ2) is 8.20. The summed E-state index contributed by atoms with van der Waals surface area (Å²) in [7, 11) is 1.79. The van der Waals surface area contributed by atoms with Gasteiger partial charge in [0, 0.05) is 50.3 Å². The summed E-state index contributed by atoms with van der Waals surface area (Å²) in [5.74, 6) is 1.13. The number of aliphatic hydroxyl groups is 1. The average molecular weight is 344 g/mol. The third-order valence-electron chi connectivity index (χ3n) is 4.74. The number of hydrogen-bond donors (Lipinski definition) is 1. The number of nitrogens with zero attached hydrogens (tertiary/aromatic N) is 4. The highest BCUT2D eigenvalue weighted by Crippen LogP contribution is 2.25. The van der Waals surface area contributed by atoms with Crippen molar-refractivity contribution in [1.29, 1.82) is 0 Å². The van der Waals surface area contributed by atoms with Crippen molar-refractivity contribution in [2.75, 3.05) is 13.6 Å². The van der Waals surface area contributed by atoms with Crippen LogP contribution in [0.15, 0.2) is 29.0 Å². The molecule has 1 aliphatic rings. The molecule has 0 spiro atoms. The van der Waals surface area contributed by atoms with Crippen LogP contribution < -0.4 is 0 Å². The van der Waals surface area contributed by atoms with E-state index in [2.05, 4.69) is 15.1 Å². The number of rotatable bonds is 6. The molecule has 1 N–H and O–H groups in total. The first-order chi connectivity index (χ1) is 12.1. The predicted molar refractivity (Wildman–Crippen MR) is 91.5 cm³/mol. The number of amides is 1. The molecule has 0 aromatic carbocycles. The summed E-state index contributed by atoms with van der Waals surface area (Å²) in [4.78, 5) is 22.4. The molecule has 1 aliphatic carbocycles. The van der Waals surface area contributed by atoms with Gasteiger partial charge in [-0.05, 0) is 25.0 Å². The number of aromatic nitrogens is 3. The molecule has 7 nitrogen and oxygen atoms in total. The van der Waals surface area contributed by atoms with Gasteiger partial charge < -0.3 is 14.5 Å². The average Bonchev–Trinajstić information content (AvgIpc) is 3.11. The quantitative estimate of drug-likeness (QED) is 0.862. The van der Waals surface area contributed by atoms with Gasteiger partial charge in [0.05, 0.1) is 6.10 Å². The van der Waals surface area contributed by atoms with Gasteiger partial charge in [-0.15, -0.1) is 0 Å². The minimum atomic E-state index is -0.290. The number of aliphatic hydroxyl groups excluding tert-OH is 1. The summed E-state index contributed by atoms with van der Waals surface area (Å²) >= 11 is 0. The fourth-order valence-electron chi connectivity index (χ4n) is 3.23. The second-order valence-corrected chi connectivity index (χ2v) is 6.64. The highest BCUT2D eigenvalue weighted by molar-refractivity contribution is 5.76. The van der Waals surface area contributed by atoms with E-state index in [1.54, 1.807) is 24.3 Å². The molecule has 134 valence electrons. The Hall–Kier alpha value is -2.28. The zero-order valence-corrected chi connectivity index (χ0v) is 14.5. The van der Waals surface area contributed by atoms with Crippen molar-refractivity contribution in [1.82, 2.24) is 20.0 Å². The summed E-state index contributed by atoms with van der Waals surface area (Å²) in [6, 6.07) is 3.67. The van der Waals surface area contributed by atoms with Crippen molar-refractivity contribution >= 4 is 5.91 Å².